The molecule has 3 heteroatoms. The average molecular weight is 302 g/mol. The van der Waals surface area contributed by atoms with Gasteiger partial charge in [0.15, 0.2) is 0 Å². The number of halogens is 2. The van der Waals surface area contributed by atoms with Crippen LogP contribution in [0.5, 0.6) is 0 Å². The second-order valence-corrected chi connectivity index (χ2v) is 5.60. The minimum atomic E-state index is -0.188. The largest absolute Gasteiger partial charge is 0.313 e. The van der Waals surface area contributed by atoms with Gasteiger partial charge in [0.2, 0.25) is 0 Å². The number of rotatable bonds is 6. The summed E-state index contributed by atoms with van der Waals surface area (Å²) in [6.45, 7) is 4.46. The summed E-state index contributed by atoms with van der Waals surface area (Å²) in [6, 6.07) is 5.44. The maximum atomic E-state index is 13.5. The molecule has 0 radical (unpaired) electrons. The van der Waals surface area contributed by atoms with Crippen molar-refractivity contribution in [3.8, 4) is 0 Å². The SMILES string of the molecule is CNC(CCCC(C)C)c1cccc(F)c1Br. The third-order valence-corrected chi connectivity index (χ3v) is 3.82. The molecule has 1 unspecified atom stereocenters. The quantitative estimate of drug-likeness (QED) is 0.805. The zero-order chi connectivity index (χ0) is 12.8. The molecule has 0 fully saturated rings. The van der Waals surface area contributed by atoms with Crippen molar-refractivity contribution in [3.63, 3.8) is 0 Å². The van der Waals surface area contributed by atoms with E-state index in [0.717, 1.165) is 24.3 Å². The molecule has 1 nitrogen and oxygen atoms in total. The topological polar surface area (TPSA) is 12.0 Å². The van der Waals surface area contributed by atoms with Crippen molar-refractivity contribution in [1.29, 1.82) is 0 Å². The van der Waals surface area contributed by atoms with E-state index in [4.69, 9.17) is 0 Å². The normalized spacial score (nSPS) is 13.1. The highest BCUT2D eigenvalue weighted by atomic mass is 79.9. The van der Waals surface area contributed by atoms with E-state index >= 15 is 0 Å². The van der Waals surface area contributed by atoms with E-state index in [1.165, 1.54) is 12.5 Å². The second kappa shape index (κ2) is 7.12. The minimum absolute atomic E-state index is 0.188. The van der Waals surface area contributed by atoms with Gasteiger partial charge in [0, 0.05) is 6.04 Å². The molecule has 0 saturated heterocycles. The van der Waals surface area contributed by atoms with Crippen LogP contribution < -0.4 is 5.32 Å². The summed E-state index contributed by atoms with van der Waals surface area (Å²) in [5.41, 5.74) is 1.01. The summed E-state index contributed by atoms with van der Waals surface area (Å²) in [5.74, 6) is 0.537. The van der Waals surface area contributed by atoms with Gasteiger partial charge in [-0.1, -0.05) is 38.8 Å². The molecule has 0 aromatic heterocycles. The van der Waals surface area contributed by atoms with Crippen LogP contribution in [0.2, 0.25) is 0 Å². The molecule has 1 atom stereocenters. The lowest BCUT2D eigenvalue weighted by molar-refractivity contribution is 0.467. The van der Waals surface area contributed by atoms with Crippen LogP contribution in [0.15, 0.2) is 22.7 Å². The van der Waals surface area contributed by atoms with Crippen LogP contribution in [0.4, 0.5) is 4.39 Å². The van der Waals surface area contributed by atoms with Crippen molar-refractivity contribution < 1.29 is 4.39 Å². The third-order valence-electron chi connectivity index (χ3n) is 2.98. The maximum Gasteiger partial charge on any atom is 0.137 e. The van der Waals surface area contributed by atoms with Crippen LogP contribution >= 0.6 is 15.9 Å². The molecule has 0 saturated carbocycles. The van der Waals surface area contributed by atoms with Gasteiger partial charge >= 0.3 is 0 Å². The highest BCUT2D eigenvalue weighted by Gasteiger charge is 2.14. The van der Waals surface area contributed by atoms with E-state index in [0.29, 0.717) is 4.47 Å². The summed E-state index contributed by atoms with van der Waals surface area (Å²) in [5, 5.41) is 3.26. The van der Waals surface area contributed by atoms with E-state index in [1.807, 2.05) is 13.1 Å². The van der Waals surface area contributed by atoms with E-state index in [1.54, 1.807) is 6.07 Å². The van der Waals surface area contributed by atoms with Gasteiger partial charge in [0.05, 0.1) is 4.47 Å². The van der Waals surface area contributed by atoms with E-state index in [9.17, 15) is 4.39 Å². The zero-order valence-electron chi connectivity index (χ0n) is 10.8. The number of nitrogens with one attached hydrogen (secondary N) is 1. The zero-order valence-corrected chi connectivity index (χ0v) is 12.3. The molecular weight excluding hydrogens is 281 g/mol. The Morgan fingerprint density at radius 2 is 2.00 bits per heavy atom. The molecule has 0 aliphatic carbocycles. The number of benzene rings is 1. The Hall–Kier alpha value is -0.410. The van der Waals surface area contributed by atoms with E-state index in [2.05, 4.69) is 35.1 Å². The Bertz CT molecular complexity index is 352. The lowest BCUT2D eigenvalue weighted by Crippen LogP contribution is -2.17. The maximum absolute atomic E-state index is 13.5. The summed E-state index contributed by atoms with van der Waals surface area (Å²) in [4.78, 5) is 0. The molecular formula is C14H21BrFN. The molecule has 1 rings (SSSR count). The molecule has 0 aliphatic heterocycles. The van der Waals surface area contributed by atoms with Gasteiger partial charge in [-0.2, -0.15) is 0 Å². The van der Waals surface area contributed by atoms with Crippen molar-refractivity contribution in [3.05, 3.63) is 34.1 Å². The predicted octanol–water partition coefficient (Wildman–Crippen LogP) is 4.68. The molecule has 0 spiro atoms. The predicted molar refractivity (Wildman–Crippen MR) is 74.6 cm³/mol. The van der Waals surface area contributed by atoms with Gasteiger partial charge in [-0.05, 0) is 46.9 Å². The van der Waals surface area contributed by atoms with Crippen LogP contribution in [-0.4, -0.2) is 7.05 Å². The van der Waals surface area contributed by atoms with Crippen LogP contribution in [0.1, 0.15) is 44.7 Å². The summed E-state index contributed by atoms with van der Waals surface area (Å²) >= 11 is 3.33. The molecule has 1 N–H and O–H groups in total. The first-order valence-electron chi connectivity index (χ1n) is 6.17. The fourth-order valence-corrected chi connectivity index (χ4v) is 2.52. The lowest BCUT2D eigenvalue weighted by atomic mass is 9.98. The first-order chi connectivity index (χ1) is 8.06. The highest BCUT2D eigenvalue weighted by Crippen LogP contribution is 2.29. The molecule has 17 heavy (non-hydrogen) atoms. The van der Waals surface area contributed by atoms with Crippen LogP contribution in [0, 0.1) is 11.7 Å². The van der Waals surface area contributed by atoms with Gasteiger partial charge in [0.1, 0.15) is 5.82 Å². The molecule has 1 aromatic carbocycles. The van der Waals surface area contributed by atoms with E-state index < -0.39 is 0 Å². The van der Waals surface area contributed by atoms with Crippen molar-refractivity contribution in [2.24, 2.45) is 5.92 Å². The fourth-order valence-electron chi connectivity index (χ4n) is 1.98. The fraction of sp³-hybridized carbons (Fsp3) is 0.571. The molecule has 1 aromatic rings. The molecule has 0 bridgehead atoms. The molecule has 0 heterocycles. The Labute approximate surface area is 112 Å². The van der Waals surface area contributed by atoms with Crippen molar-refractivity contribution in [2.45, 2.75) is 39.2 Å². The number of hydrogen-bond donors (Lipinski definition) is 1. The highest BCUT2D eigenvalue weighted by molar-refractivity contribution is 9.10. The Balaban J connectivity index is 2.69. The first-order valence-corrected chi connectivity index (χ1v) is 6.96. The van der Waals surface area contributed by atoms with Crippen LogP contribution in [-0.2, 0) is 0 Å². The van der Waals surface area contributed by atoms with Crippen LogP contribution in [0.25, 0.3) is 0 Å². The first kappa shape index (κ1) is 14.7. The smallest absolute Gasteiger partial charge is 0.137 e. The third kappa shape index (κ3) is 4.40. The van der Waals surface area contributed by atoms with Crippen LogP contribution in [0.3, 0.4) is 0 Å². The summed E-state index contributed by atoms with van der Waals surface area (Å²) in [7, 11) is 1.93. The minimum Gasteiger partial charge on any atom is -0.313 e. The van der Waals surface area contributed by atoms with Crippen molar-refractivity contribution in [2.75, 3.05) is 7.05 Å². The average Bonchev–Trinajstić information content (AvgIpc) is 2.28. The Morgan fingerprint density at radius 1 is 1.29 bits per heavy atom. The van der Waals surface area contributed by atoms with E-state index in [-0.39, 0.29) is 11.9 Å². The molecule has 96 valence electrons. The Morgan fingerprint density at radius 3 is 2.59 bits per heavy atom. The van der Waals surface area contributed by atoms with Gasteiger partial charge in [-0.15, -0.1) is 0 Å². The van der Waals surface area contributed by atoms with Gasteiger partial charge in [0.25, 0.3) is 0 Å². The van der Waals surface area contributed by atoms with Gasteiger partial charge in [-0.3, -0.25) is 0 Å². The molecule has 0 amide bonds. The molecule has 0 aliphatic rings. The van der Waals surface area contributed by atoms with Gasteiger partial charge < -0.3 is 5.32 Å². The lowest BCUT2D eigenvalue weighted by Gasteiger charge is -2.18. The number of hydrogen-bond acceptors (Lipinski definition) is 1. The summed E-state index contributed by atoms with van der Waals surface area (Å²) < 4.78 is 14.0. The standard InChI is InChI=1S/C14H21BrFN/c1-10(2)6-4-9-13(17-3)11-7-5-8-12(16)14(11)15/h5,7-8,10,13,17H,4,6,9H2,1-3H3. The van der Waals surface area contributed by atoms with Crippen molar-refractivity contribution in [1.82, 2.24) is 5.32 Å². The monoisotopic (exact) mass is 301 g/mol. The van der Waals surface area contributed by atoms with Gasteiger partial charge in [-0.25, -0.2) is 4.39 Å². The second-order valence-electron chi connectivity index (χ2n) is 4.81. The Kier molecular flexibility index (Phi) is 6.14. The van der Waals surface area contributed by atoms with Crippen molar-refractivity contribution >= 4 is 15.9 Å². The summed E-state index contributed by atoms with van der Waals surface area (Å²) in [6.07, 6.45) is 3.41.